The monoisotopic (exact) mass is 286 g/mol. The molecular weight excluding hydrogens is 264 g/mol. The Kier molecular flexibility index (Phi) is 3.50. The van der Waals surface area contributed by atoms with Gasteiger partial charge in [-0.1, -0.05) is 0 Å². The maximum absolute atomic E-state index is 12.3. The van der Waals surface area contributed by atoms with Gasteiger partial charge < -0.3 is 9.88 Å². The lowest BCUT2D eigenvalue weighted by Crippen LogP contribution is -2.51. The number of hydrogen-bond acceptors (Lipinski definition) is 3. The second-order valence-corrected chi connectivity index (χ2v) is 6.41. The molecule has 0 saturated heterocycles. The van der Waals surface area contributed by atoms with Crippen molar-refractivity contribution >= 4 is 5.91 Å². The molecule has 1 amide bonds. The molecule has 0 radical (unpaired) electrons. The summed E-state index contributed by atoms with van der Waals surface area (Å²) >= 11 is 0. The Bertz CT molecular complexity index is 583. The first-order valence-electron chi connectivity index (χ1n) is 7.65. The van der Waals surface area contributed by atoms with E-state index in [9.17, 15) is 10.1 Å². The summed E-state index contributed by atoms with van der Waals surface area (Å²) in [5.74, 6) is 0.278. The lowest BCUT2D eigenvalue weighted by Gasteiger charge is -2.35. The topological polar surface area (TPSA) is 61.1 Å². The largest absolute Gasteiger partial charge is 0.349 e. The highest BCUT2D eigenvalue weighted by Crippen LogP contribution is 2.39. The first-order chi connectivity index (χ1) is 10.0. The minimum atomic E-state index is -0.698. The summed E-state index contributed by atoms with van der Waals surface area (Å²) in [6, 6.07) is 6.67. The van der Waals surface area contributed by atoms with Crippen molar-refractivity contribution in [1.29, 1.82) is 5.26 Å². The third kappa shape index (κ3) is 2.68. The quantitative estimate of drug-likeness (QED) is 0.916. The molecule has 2 aliphatic rings. The van der Waals surface area contributed by atoms with E-state index in [0.717, 1.165) is 25.9 Å². The second kappa shape index (κ2) is 5.19. The van der Waals surface area contributed by atoms with Gasteiger partial charge in [0.05, 0.1) is 12.6 Å². The van der Waals surface area contributed by atoms with Crippen LogP contribution in [0.1, 0.15) is 38.4 Å². The molecule has 0 bridgehead atoms. The van der Waals surface area contributed by atoms with Crippen molar-refractivity contribution in [1.82, 2.24) is 14.8 Å². The van der Waals surface area contributed by atoms with Gasteiger partial charge >= 0.3 is 0 Å². The molecule has 2 atom stereocenters. The van der Waals surface area contributed by atoms with Gasteiger partial charge in [-0.05, 0) is 44.7 Å². The molecular formula is C16H22N4O. The van der Waals surface area contributed by atoms with Crippen LogP contribution in [0, 0.1) is 17.2 Å². The van der Waals surface area contributed by atoms with Crippen molar-refractivity contribution in [3.63, 3.8) is 0 Å². The number of hydrogen-bond donors (Lipinski definition) is 1. The van der Waals surface area contributed by atoms with E-state index in [4.69, 9.17) is 0 Å². The molecule has 0 spiro atoms. The molecule has 1 saturated carbocycles. The van der Waals surface area contributed by atoms with Gasteiger partial charge in [-0.15, -0.1) is 0 Å². The van der Waals surface area contributed by atoms with Crippen molar-refractivity contribution in [2.24, 2.45) is 5.92 Å². The lowest BCUT2D eigenvalue weighted by atomic mass is 9.98. The molecule has 21 heavy (non-hydrogen) atoms. The highest BCUT2D eigenvalue weighted by molar-refractivity contribution is 5.79. The first-order valence-corrected chi connectivity index (χ1v) is 7.65. The fourth-order valence-corrected chi connectivity index (χ4v) is 3.24. The van der Waals surface area contributed by atoms with Crippen molar-refractivity contribution in [3.05, 3.63) is 24.0 Å². The molecule has 0 aromatic carbocycles. The summed E-state index contributed by atoms with van der Waals surface area (Å²) in [6.07, 6.45) is 4.17. The predicted octanol–water partition coefficient (Wildman–Crippen LogP) is 1.67. The lowest BCUT2D eigenvalue weighted by molar-refractivity contribution is -0.124. The molecule has 1 aromatic rings. The van der Waals surface area contributed by atoms with Crippen molar-refractivity contribution < 1.29 is 4.79 Å². The van der Waals surface area contributed by atoms with Gasteiger partial charge in [0.15, 0.2) is 0 Å². The van der Waals surface area contributed by atoms with E-state index in [2.05, 4.69) is 46.1 Å². The smallest absolute Gasteiger partial charge is 0.235 e. The molecule has 1 aromatic heterocycles. The standard InChI is InChI=1S/C16H22N4O/c1-12-14-4-3-7-19(14)8-9-20(12)10-15(21)18-16(2,11-17)13-5-6-13/h3-4,7,12-13H,5-6,8-10H2,1-2H3,(H,18,21)/t12-,16-/m0/s1. The van der Waals surface area contributed by atoms with Gasteiger partial charge in [-0.2, -0.15) is 5.26 Å². The number of nitriles is 1. The Morgan fingerprint density at radius 1 is 1.52 bits per heavy atom. The minimum absolute atomic E-state index is 0.0437. The van der Waals surface area contributed by atoms with E-state index < -0.39 is 5.54 Å². The number of carbonyl (C=O) groups is 1. The average Bonchev–Trinajstić information content (AvgIpc) is 3.21. The molecule has 1 aliphatic heterocycles. The van der Waals surface area contributed by atoms with Crippen LogP contribution < -0.4 is 5.32 Å². The van der Waals surface area contributed by atoms with Gasteiger partial charge in [0.1, 0.15) is 5.54 Å². The molecule has 1 N–H and O–H groups in total. The molecule has 1 fully saturated rings. The maximum atomic E-state index is 12.3. The van der Waals surface area contributed by atoms with Gasteiger partial charge in [-0.25, -0.2) is 0 Å². The number of carbonyl (C=O) groups excluding carboxylic acids is 1. The van der Waals surface area contributed by atoms with E-state index in [1.807, 2.05) is 6.92 Å². The average molecular weight is 286 g/mol. The van der Waals surface area contributed by atoms with Crippen LogP contribution in [0.25, 0.3) is 0 Å². The Labute approximate surface area is 125 Å². The third-order valence-electron chi connectivity index (χ3n) is 4.84. The van der Waals surface area contributed by atoms with Crippen LogP contribution in [-0.4, -0.2) is 34.0 Å². The van der Waals surface area contributed by atoms with Crippen LogP contribution in [0.5, 0.6) is 0 Å². The Hall–Kier alpha value is -1.80. The van der Waals surface area contributed by atoms with Crippen LogP contribution in [0.2, 0.25) is 0 Å². The summed E-state index contributed by atoms with van der Waals surface area (Å²) in [4.78, 5) is 14.5. The van der Waals surface area contributed by atoms with E-state index in [1.54, 1.807) is 0 Å². The molecule has 1 aliphatic carbocycles. The Morgan fingerprint density at radius 2 is 2.29 bits per heavy atom. The first kappa shape index (κ1) is 14.2. The van der Waals surface area contributed by atoms with Crippen LogP contribution in [0.4, 0.5) is 0 Å². The molecule has 5 nitrogen and oxygen atoms in total. The summed E-state index contributed by atoms with van der Waals surface area (Å²) < 4.78 is 2.24. The molecule has 0 unspecified atom stereocenters. The number of aromatic nitrogens is 1. The zero-order valence-corrected chi connectivity index (χ0v) is 12.7. The van der Waals surface area contributed by atoms with Crippen LogP contribution >= 0.6 is 0 Å². The normalized spacial score (nSPS) is 24.7. The SMILES string of the molecule is C[C@H]1c2cccn2CCN1CC(=O)N[C@@](C)(C#N)C1CC1. The number of rotatable bonds is 4. The fraction of sp³-hybridized carbons (Fsp3) is 0.625. The van der Waals surface area contributed by atoms with Gasteiger partial charge in [-0.3, -0.25) is 9.69 Å². The second-order valence-electron chi connectivity index (χ2n) is 6.41. The third-order valence-corrected chi connectivity index (χ3v) is 4.84. The van der Waals surface area contributed by atoms with Gasteiger partial charge in [0.2, 0.25) is 5.91 Å². The van der Waals surface area contributed by atoms with Crippen LogP contribution in [0.15, 0.2) is 18.3 Å². The predicted molar refractivity (Wildman–Crippen MR) is 79.3 cm³/mol. The summed E-state index contributed by atoms with van der Waals surface area (Å²) in [6.45, 7) is 6.10. The van der Waals surface area contributed by atoms with Crippen molar-refractivity contribution in [3.8, 4) is 6.07 Å². The van der Waals surface area contributed by atoms with E-state index in [1.165, 1.54) is 5.69 Å². The van der Waals surface area contributed by atoms with Crippen LogP contribution in [0.3, 0.4) is 0 Å². The molecule has 112 valence electrons. The van der Waals surface area contributed by atoms with E-state index in [0.29, 0.717) is 12.5 Å². The summed E-state index contributed by atoms with van der Waals surface area (Å²) in [5, 5.41) is 12.3. The number of fused-ring (bicyclic) bond motifs is 1. The fourth-order valence-electron chi connectivity index (χ4n) is 3.24. The maximum Gasteiger partial charge on any atom is 0.235 e. The highest BCUT2D eigenvalue weighted by Gasteiger charge is 2.43. The minimum Gasteiger partial charge on any atom is -0.349 e. The number of nitrogens with one attached hydrogen (secondary N) is 1. The Morgan fingerprint density at radius 3 is 2.95 bits per heavy atom. The molecule has 5 heteroatoms. The molecule has 3 rings (SSSR count). The summed E-state index contributed by atoms with van der Waals surface area (Å²) in [7, 11) is 0. The van der Waals surface area contributed by atoms with Crippen LogP contribution in [-0.2, 0) is 11.3 Å². The number of nitrogens with zero attached hydrogens (tertiary/aromatic N) is 3. The number of amides is 1. The highest BCUT2D eigenvalue weighted by atomic mass is 16.2. The Balaban J connectivity index is 1.62. The van der Waals surface area contributed by atoms with E-state index in [-0.39, 0.29) is 11.9 Å². The van der Waals surface area contributed by atoms with E-state index >= 15 is 0 Å². The van der Waals surface area contributed by atoms with Crippen molar-refractivity contribution in [2.45, 2.75) is 44.8 Å². The molecule has 2 heterocycles. The van der Waals surface area contributed by atoms with Gasteiger partial charge in [0.25, 0.3) is 0 Å². The zero-order chi connectivity index (χ0) is 15.0. The van der Waals surface area contributed by atoms with Crippen molar-refractivity contribution in [2.75, 3.05) is 13.1 Å². The zero-order valence-electron chi connectivity index (χ0n) is 12.7. The summed E-state index contributed by atoms with van der Waals surface area (Å²) in [5.41, 5.74) is 0.551. The van der Waals surface area contributed by atoms with Gasteiger partial charge in [0, 0.05) is 31.0 Å².